The second-order valence-electron chi connectivity index (χ2n) is 11.5. The van der Waals surface area contributed by atoms with Crippen LogP contribution in [0.3, 0.4) is 0 Å². The van der Waals surface area contributed by atoms with Crippen LogP contribution in [0.5, 0.6) is 0 Å². The molecule has 9 heteroatoms. The molecule has 2 aromatic rings. The van der Waals surface area contributed by atoms with Crippen LogP contribution in [0.15, 0.2) is 72.8 Å². The summed E-state index contributed by atoms with van der Waals surface area (Å²) in [6, 6.07) is 17.3. The maximum Gasteiger partial charge on any atom is 0.417 e. The number of benzene rings is 2. The van der Waals surface area contributed by atoms with E-state index in [1.165, 1.54) is 6.08 Å². The average Bonchev–Trinajstić information content (AvgIpc) is 3.34. The number of amides is 2. The quantitative estimate of drug-likeness (QED) is 0.114. The third-order valence-corrected chi connectivity index (χ3v) is 7.95. The van der Waals surface area contributed by atoms with E-state index in [1.54, 1.807) is 43.3 Å². The molecule has 0 unspecified atom stereocenters. The lowest BCUT2D eigenvalue weighted by Gasteiger charge is -2.28. The van der Waals surface area contributed by atoms with Crippen molar-refractivity contribution in [2.24, 2.45) is 5.92 Å². The maximum atomic E-state index is 14.1. The molecule has 0 saturated carbocycles. The second kappa shape index (κ2) is 18.6. The van der Waals surface area contributed by atoms with Gasteiger partial charge in [0.15, 0.2) is 17.7 Å². The highest BCUT2D eigenvalue weighted by molar-refractivity contribution is 6.04. The summed E-state index contributed by atoms with van der Waals surface area (Å²) in [6.45, 7) is 3.06. The van der Waals surface area contributed by atoms with Crippen LogP contribution in [0.1, 0.15) is 88.9 Å². The first kappa shape index (κ1) is 35.4. The first-order valence-electron chi connectivity index (χ1n) is 15.9. The van der Waals surface area contributed by atoms with Crippen molar-refractivity contribution in [3.63, 3.8) is 0 Å². The number of esters is 1. The van der Waals surface area contributed by atoms with E-state index in [0.717, 1.165) is 68.4 Å². The van der Waals surface area contributed by atoms with Crippen molar-refractivity contribution in [3.05, 3.63) is 83.9 Å². The lowest BCUT2D eigenvalue weighted by molar-refractivity contribution is -0.158. The fraction of sp³-hybridized carbons (Fsp3) is 0.472. The Bertz CT molecular complexity index is 1290. The summed E-state index contributed by atoms with van der Waals surface area (Å²) in [5.74, 6) is -3.66. The number of hydrogen-bond acceptors (Lipinski definition) is 8. The number of aliphatic hydroxyl groups is 1. The predicted molar refractivity (Wildman–Crippen MR) is 169 cm³/mol. The lowest BCUT2D eigenvalue weighted by Crippen LogP contribution is -2.48. The van der Waals surface area contributed by atoms with Gasteiger partial charge in [-0.1, -0.05) is 99.2 Å². The molecule has 1 aliphatic heterocycles. The number of carbonyl (C=O) groups is 5. The third kappa shape index (κ3) is 11.1. The smallest absolute Gasteiger partial charge is 0.417 e. The van der Waals surface area contributed by atoms with Gasteiger partial charge >= 0.3 is 12.1 Å². The first-order chi connectivity index (χ1) is 21.7. The highest BCUT2D eigenvalue weighted by atomic mass is 16.6. The molecule has 1 heterocycles. The van der Waals surface area contributed by atoms with Crippen molar-refractivity contribution in [2.45, 2.75) is 96.3 Å². The molecule has 3 rings (SSSR count). The largest absolute Gasteiger partial charge is 0.453 e. The van der Waals surface area contributed by atoms with Gasteiger partial charge in [-0.25, -0.2) is 9.69 Å². The van der Waals surface area contributed by atoms with Gasteiger partial charge in [0, 0.05) is 20.0 Å². The number of nitrogens with zero attached hydrogens (tertiary/aromatic N) is 1. The SMILES string of the molecule is CC(=O)O[C@H](C(=O)C=CC(=O)CCCCCCCCCCO)[C@H](Cc1ccccc1)C(=O)N1C(=O)O[C@H](c2ccccc2)[C@@H]1C. The van der Waals surface area contributed by atoms with Gasteiger partial charge in [0.1, 0.15) is 6.10 Å². The van der Waals surface area contributed by atoms with Crippen molar-refractivity contribution < 1.29 is 38.6 Å². The minimum Gasteiger partial charge on any atom is -0.453 e. The molecule has 1 aliphatic rings. The highest BCUT2D eigenvalue weighted by Gasteiger charge is 2.48. The first-order valence-corrected chi connectivity index (χ1v) is 15.9. The number of cyclic esters (lactones) is 1. The normalized spacial score (nSPS) is 17.6. The molecular weight excluding hydrogens is 574 g/mol. The summed E-state index contributed by atoms with van der Waals surface area (Å²) >= 11 is 0. The summed E-state index contributed by atoms with van der Waals surface area (Å²) < 4.78 is 11.0. The van der Waals surface area contributed by atoms with Crippen molar-refractivity contribution in [2.75, 3.05) is 6.61 Å². The molecule has 1 fully saturated rings. The Morgan fingerprint density at radius 3 is 2.04 bits per heavy atom. The standard InChI is InChI=1S/C36H45NO8/c1-26-33(29-19-13-10-14-20-29)45-36(43)37(26)35(42)31(25-28-17-11-9-12-18-28)34(44-27(2)39)32(41)23-22-30(40)21-15-7-5-3-4-6-8-16-24-38/h9-14,17-20,22-23,26,31,33-34,38H,3-8,15-16,21,24-25H2,1-2H3/t26-,31-,33-,34-/m0/s1. The van der Waals surface area contributed by atoms with Crippen LogP contribution in [0.25, 0.3) is 0 Å². The van der Waals surface area contributed by atoms with Gasteiger partial charge in [0.2, 0.25) is 5.91 Å². The fourth-order valence-electron chi connectivity index (χ4n) is 5.56. The highest BCUT2D eigenvalue weighted by Crippen LogP contribution is 2.34. The van der Waals surface area contributed by atoms with Gasteiger partial charge in [0.05, 0.1) is 12.0 Å². The molecule has 45 heavy (non-hydrogen) atoms. The molecule has 4 atom stereocenters. The summed E-state index contributed by atoms with van der Waals surface area (Å²) in [6.07, 6.45) is 7.14. The molecule has 9 nitrogen and oxygen atoms in total. The van der Waals surface area contributed by atoms with Crippen molar-refractivity contribution in [1.29, 1.82) is 0 Å². The topological polar surface area (TPSA) is 127 Å². The molecule has 0 spiro atoms. The van der Waals surface area contributed by atoms with E-state index >= 15 is 0 Å². The number of imide groups is 1. The number of aliphatic hydroxyl groups excluding tert-OH is 1. The molecule has 0 radical (unpaired) electrons. The van der Waals surface area contributed by atoms with Crippen LogP contribution >= 0.6 is 0 Å². The van der Waals surface area contributed by atoms with Crippen LogP contribution in [0, 0.1) is 5.92 Å². The molecule has 1 saturated heterocycles. The Hall–Kier alpha value is -4.11. The van der Waals surface area contributed by atoms with Gasteiger partial charge in [-0.3, -0.25) is 19.2 Å². The van der Waals surface area contributed by atoms with Gasteiger partial charge < -0.3 is 14.6 Å². The number of unbranched alkanes of at least 4 members (excludes halogenated alkanes) is 7. The maximum absolute atomic E-state index is 14.1. The van der Waals surface area contributed by atoms with E-state index in [4.69, 9.17) is 14.6 Å². The minimum absolute atomic E-state index is 0.0116. The van der Waals surface area contributed by atoms with Gasteiger partial charge in [-0.15, -0.1) is 0 Å². The van der Waals surface area contributed by atoms with E-state index < -0.39 is 47.9 Å². The van der Waals surface area contributed by atoms with E-state index in [1.807, 2.05) is 24.3 Å². The average molecular weight is 620 g/mol. The van der Waals surface area contributed by atoms with E-state index in [-0.39, 0.29) is 25.2 Å². The monoisotopic (exact) mass is 619 g/mol. The Morgan fingerprint density at radius 1 is 0.867 bits per heavy atom. The summed E-state index contributed by atoms with van der Waals surface area (Å²) in [5.41, 5.74) is 1.43. The van der Waals surface area contributed by atoms with Crippen LogP contribution in [0.2, 0.25) is 0 Å². The number of allylic oxidation sites excluding steroid dienone is 1. The Balaban J connectivity index is 1.72. The fourth-order valence-corrected chi connectivity index (χ4v) is 5.56. The summed E-state index contributed by atoms with van der Waals surface area (Å²) in [5, 5.41) is 8.84. The van der Waals surface area contributed by atoms with E-state index in [0.29, 0.717) is 12.0 Å². The Kier molecular flexibility index (Phi) is 14.7. The van der Waals surface area contributed by atoms with Crippen LogP contribution in [-0.4, -0.2) is 58.3 Å². The molecular formula is C36H45NO8. The van der Waals surface area contributed by atoms with Crippen molar-refractivity contribution in [1.82, 2.24) is 4.90 Å². The zero-order valence-corrected chi connectivity index (χ0v) is 26.3. The van der Waals surface area contributed by atoms with Crippen molar-refractivity contribution >= 4 is 29.5 Å². The number of rotatable bonds is 19. The molecule has 2 amide bonds. The number of carbonyl (C=O) groups excluding carboxylic acids is 5. The van der Waals surface area contributed by atoms with Crippen LogP contribution < -0.4 is 0 Å². The van der Waals surface area contributed by atoms with Gasteiger partial charge in [0.25, 0.3) is 0 Å². The zero-order valence-electron chi connectivity index (χ0n) is 26.3. The summed E-state index contributed by atoms with van der Waals surface area (Å²) in [7, 11) is 0. The van der Waals surface area contributed by atoms with Crippen LogP contribution in [0.4, 0.5) is 4.79 Å². The number of ether oxygens (including phenoxy) is 2. The van der Waals surface area contributed by atoms with E-state index in [9.17, 15) is 24.0 Å². The number of ketones is 2. The lowest BCUT2D eigenvalue weighted by atomic mass is 9.89. The third-order valence-electron chi connectivity index (χ3n) is 7.95. The Morgan fingerprint density at radius 2 is 1.44 bits per heavy atom. The second-order valence-corrected chi connectivity index (χ2v) is 11.5. The molecule has 0 aliphatic carbocycles. The molecule has 0 bridgehead atoms. The Labute approximate surface area is 265 Å². The van der Waals surface area contributed by atoms with E-state index in [2.05, 4.69) is 0 Å². The van der Waals surface area contributed by atoms with Gasteiger partial charge in [-0.05, 0) is 49.5 Å². The molecule has 242 valence electrons. The summed E-state index contributed by atoms with van der Waals surface area (Å²) in [4.78, 5) is 66.3. The number of hydrogen-bond donors (Lipinski definition) is 1. The molecule has 2 aromatic carbocycles. The molecule has 0 aromatic heterocycles. The van der Waals surface area contributed by atoms with Crippen molar-refractivity contribution in [3.8, 4) is 0 Å². The molecule has 1 N–H and O–H groups in total. The van der Waals surface area contributed by atoms with Gasteiger partial charge in [-0.2, -0.15) is 0 Å². The predicted octanol–water partition coefficient (Wildman–Crippen LogP) is 6.08. The minimum atomic E-state index is -1.55. The zero-order chi connectivity index (χ0) is 32.6. The van der Waals surface area contributed by atoms with Crippen LogP contribution in [-0.2, 0) is 35.1 Å².